The van der Waals surface area contributed by atoms with Crippen LogP contribution in [0.25, 0.3) is 22.3 Å². The molecule has 7 rings (SSSR count). The van der Waals surface area contributed by atoms with Crippen molar-refractivity contribution in [2.75, 3.05) is 12.1 Å². The van der Waals surface area contributed by atoms with Crippen molar-refractivity contribution < 1.29 is 24.1 Å². The third kappa shape index (κ3) is 3.10. The van der Waals surface area contributed by atoms with Gasteiger partial charge in [0.15, 0.2) is 17.1 Å². The van der Waals surface area contributed by atoms with E-state index in [2.05, 4.69) is 5.32 Å². The molecule has 2 N–H and O–H groups in total. The quantitative estimate of drug-likeness (QED) is 0.364. The molecule has 9 nitrogen and oxygen atoms in total. The first kappa shape index (κ1) is 21.9. The molecule has 2 aromatic heterocycles. The number of carbonyl (C=O) groups excluding carboxylic acids is 1. The molecule has 0 fully saturated rings. The predicted molar refractivity (Wildman–Crippen MR) is 134 cm³/mol. The second-order valence-electron chi connectivity index (χ2n) is 9.46. The Morgan fingerprint density at radius 2 is 1.84 bits per heavy atom. The van der Waals surface area contributed by atoms with Crippen molar-refractivity contribution in [2.45, 2.75) is 38.6 Å². The van der Waals surface area contributed by atoms with Crippen LogP contribution < -0.4 is 20.3 Å². The number of esters is 1. The Bertz CT molecular complexity index is 1680. The van der Waals surface area contributed by atoms with Gasteiger partial charge in [-0.3, -0.25) is 4.79 Å². The Hall–Kier alpha value is -4.37. The van der Waals surface area contributed by atoms with Gasteiger partial charge in [0.05, 0.1) is 29.0 Å². The average Bonchev–Trinajstić information content (AvgIpc) is 3.53. The highest BCUT2D eigenvalue weighted by atomic mass is 16.7. The number of fused-ring (bicyclic) bond motifs is 6. The van der Waals surface area contributed by atoms with Crippen LogP contribution in [-0.4, -0.2) is 27.4 Å². The van der Waals surface area contributed by atoms with Gasteiger partial charge in [-0.2, -0.15) is 0 Å². The molecule has 3 aliphatic rings. The fourth-order valence-electron chi connectivity index (χ4n) is 5.50. The lowest BCUT2D eigenvalue weighted by Gasteiger charge is -2.31. The van der Waals surface area contributed by atoms with Crippen LogP contribution in [-0.2, 0) is 34.8 Å². The molecule has 5 heterocycles. The predicted octanol–water partition coefficient (Wildman–Crippen LogP) is 3.42. The van der Waals surface area contributed by atoms with E-state index in [1.165, 1.54) is 0 Å². The Morgan fingerprint density at radius 1 is 1.05 bits per heavy atom. The average molecular weight is 498 g/mol. The van der Waals surface area contributed by atoms with Crippen molar-refractivity contribution >= 4 is 22.6 Å². The van der Waals surface area contributed by atoms with E-state index in [0.29, 0.717) is 52.6 Å². The van der Waals surface area contributed by atoms with Gasteiger partial charge in [0, 0.05) is 34.8 Å². The summed E-state index contributed by atoms with van der Waals surface area (Å²) in [6.07, 6.45) is 0.0927. The van der Waals surface area contributed by atoms with Gasteiger partial charge < -0.3 is 29.2 Å². The number of hydrogen-bond acceptors (Lipinski definition) is 8. The summed E-state index contributed by atoms with van der Waals surface area (Å²) in [5.41, 5.74) is 3.22. The highest BCUT2D eigenvalue weighted by Crippen LogP contribution is 2.43. The van der Waals surface area contributed by atoms with Crippen molar-refractivity contribution in [3.05, 3.63) is 81.1 Å². The maximum atomic E-state index is 13.6. The molecular formula is C28H23N3O6. The molecule has 4 aromatic rings. The number of ether oxygens (including phenoxy) is 3. The van der Waals surface area contributed by atoms with Crippen LogP contribution in [0.4, 0.5) is 5.69 Å². The number of para-hydroxylation sites is 1. The van der Waals surface area contributed by atoms with E-state index in [9.17, 15) is 14.7 Å². The second kappa shape index (κ2) is 7.81. The monoisotopic (exact) mass is 497 g/mol. The fourth-order valence-corrected chi connectivity index (χ4v) is 5.50. The maximum absolute atomic E-state index is 13.6. The molecule has 1 atom stereocenters. The van der Waals surface area contributed by atoms with E-state index in [0.717, 1.165) is 22.2 Å². The van der Waals surface area contributed by atoms with E-state index < -0.39 is 11.6 Å². The fraction of sp³-hybridized carbons (Fsp3) is 0.250. The molecule has 0 saturated heterocycles. The molecule has 0 aliphatic carbocycles. The highest BCUT2D eigenvalue weighted by molar-refractivity contribution is 5.91. The number of anilines is 1. The zero-order chi connectivity index (χ0) is 25.3. The first-order chi connectivity index (χ1) is 18.0. The van der Waals surface area contributed by atoms with Gasteiger partial charge in [0.1, 0.15) is 6.61 Å². The van der Waals surface area contributed by atoms with Crippen LogP contribution in [0.1, 0.15) is 35.6 Å². The maximum Gasteiger partial charge on any atom is 0.343 e. The first-order valence-electron chi connectivity index (χ1n) is 12.2. The smallest absolute Gasteiger partial charge is 0.343 e. The van der Waals surface area contributed by atoms with E-state index in [1.54, 1.807) is 17.6 Å². The van der Waals surface area contributed by atoms with Gasteiger partial charge in [-0.25, -0.2) is 9.78 Å². The summed E-state index contributed by atoms with van der Waals surface area (Å²) in [7, 11) is 0. The van der Waals surface area contributed by atoms with Gasteiger partial charge >= 0.3 is 5.97 Å². The largest absolute Gasteiger partial charge is 0.458 e. The minimum absolute atomic E-state index is 0.0927. The number of cyclic esters (lactones) is 1. The Balaban J connectivity index is 1.45. The van der Waals surface area contributed by atoms with Gasteiger partial charge in [-0.1, -0.05) is 25.1 Å². The molecule has 0 unspecified atom stereocenters. The van der Waals surface area contributed by atoms with Crippen LogP contribution in [0, 0.1) is 0 Å². The number of carbonyl (C=O) groups is 1. The summed E-state index contributed by atoms with van der Waals surface area (Å²) in [4.78, 5) is 31.1. The van der Waals surface area contributed by atoms with Crippen LogP contribution in [0.15, 0.2) is 53.3 Å². The van der Waals surface area contributed by atoms with Gasteiger partial charge in [-0.15, -0.1) is 0 Å². The van der Waals surface area contributed by atoms with Gasteiger partial charge in [0.2, 0.25) is 6.79 Å². The summed E-state index contributed by atoms with van der Waals surface area (Å²) >= 11 is 0. The molecule has 0 saturated carbocycles. The minimum atomic E-state index is -1.87. The molecule has 0 bridgehead atoms. The number of aliphatic hydroxyl groups is 1. The summed E-state index contributed by atoms with van der Waals surface area (Å²) in [5, 5.41) is 15.5. The highest BCUT2D eigenvalue weighted by Gasteiger charge is 2.45. The molecule has 2 aromatic carbocycles. The summed E-state index contributed by atoms with van der Waals surface area (Å²) in [5.74, 6) is 0.532. The van der Waals surface area contributed by atoms with E-state index >= 15 is 0 Å². The van der Waals surface area contributed by atoms with Gasteiger partial charge in [-0.05, 0) is 36.2 Å². The Morgan fingerprint density at radius 3 is 2.62 bits per heavy atom. The number of pyridine rings is 2. The number of aromatic nitrogens is 2. The van der Waals surface area contributed by atoms with Crippen molar-refractivity contribution in [3.63, 3.8) is 0 Å². The summed E-state index contributed by atoms with van der Waals surface area (Å²) in [6.45, 7) is 2.49. The Labute approximate surface area is 211 Å². The molecule has 186 valence electrons. The summed E-state index contributed by atoms with van der Waals surface area (Å²) < 4.78 is 18.1. The van der Waals surface area contributed by atoms with Gasteiger partial charge in [0.25, 0.3) is 5.56 Å². The zero-order valence-corrected chi connectivity index (χ0v) is 20.0. The van der Waals surface area contributed by atoms with E-state index in [-0.39, 0.29) is 25.4 Å². The minimum Gasteiger partial charge on any atom is -0.458 e. The van der Waals surface area contributed by atoms with Crippen LogP contribution >= 0.6 is 0 Å². The molecule has 0 radical (unpaired) electrons. The second-order valence-corrected chi connectivity index (χ2v) is 9.46. The summed E-state index contributed by atoms with van der Waals surface area (Å²) in [6, 6.07) is 15.4. The van der Waals surface area contributed by atoms with Crippen molar-refractivity contribution in [1.29, 1.82) is 0 Å². The number of rotatable bonds is 4. The normalized spacial score (nSPS) is 18.8. The number of nitrogens with zero attached hydrogens (tertiary/aromatic N) is 2. The van der Waals surface area contributed by atoms with Crippen LogP contribution in [0.2, 0.25) is 0 Å². The number of hydrogen-bond donors (Lipinski definition) is 2. The standard InChI is InChI=1S/C28H23N3O6/c1-2-28(34)20-9-22-25-18(12-31(22)26(32)19(20)13-35-27(28)33)17(11-29-15-6-4-3-5-7-15)16-8-23-24(37-14-36-23)10-21(16)30-25/h3-10,29,34H,2,11-14H2,1H3/t28-/m0/s1. The lowest BCUT2D eigenvalue weighted by Crippen LogP contribution is -2.44. The third-order valence-electron chi connectivity index (χ3n) is 7.54. The molecule has 0 amide bonds. The number of benzene rings is 2. The third-order valence-corrected chi connectivity index (χ3v) is 7.54. The van der Waals surface area contributed by atoms with E-state index in [4.69, 9.17) is 19.2 Å². The molecule has 0 spiro atoms. The lowest BCUT2D eigenvalue weighted by molar-refractivity contribution is -0.172. The molecule has 3 aliphatic heterocycles. The molecule has 9 heteroatoms. The van der Waals surface area contributed by atoms with Crippen molar-refractivity contribution in [3.8, 4) is 22.9 Å². The van der Waals surface area contributed by atoms with Crippen molar-refractivity contribution in [2.24, 2.45) is 0 Å². The first-order valence-corrected chi connectivity index (χ1v) is 12.2. The zero-order valence-electron chi connectivity index (χ0n) is 20.0. The van der Waals surface area contributed by atoms with Crippen LogP contribution in [0.5, 0.6) is 11.5 Å². The Kier molecular flexibility index (Phi) is 4.62. The topological polar surface area (TPSA) is 112 Å². The lowest BCUT2D eigenvalue weighted by atomic mass is 9.86. The number of nitrogens with one attached hydrogen (secondary N) is 1. The van der Waals surface area contributed by atoms with Crippen LogP contribution in [0.3, 0.4) is 0 Å². The molecular weight excluding hydrogens is 474 g/mol. The van der Waals surface area contributed by atoms with E-state index in [1.807, 2.05) is 42.5 Å². The molecule has 37 heavy (non-hydrogen) atoms. The van der Waals surface area contributed by atoms with Crippen molar-refractivity contribution in [1.82, 2.24) is 9.55 Å². The SMILES string of the molecule is CC[C@@]1(O)C(=O)OCc2c1cc1n(c2=O)Cc2c-1nc1cc3c(cc1c2CNc1ccccc1)OCO3.